The molecule has 0 atom stereocenters. The summed E-state index contributed by atoms with van der Waals surface area (Å²) in [5.41, 5.74) is 2.96. The van der Waals surface area contributed by atoms with E-state index in [0.717, 1.165) is 16.7 Å². The number of hydrogen-bond donors (Lipinski definition) is 0. The summed E-state index contributed by atoms with van der Waals surface area (Å²) in [6.07, 6.45) is 3.55. The molecule has 0 bridgehead atoms. The van der Waals surface area contributed by atoms with Gasteiger partial charge in [-0.2, -0.15) is 0 Å². The molecule has 66 valence electrons. The lowest BCUT2D eigenvalue weighted by atomic mass is 10.1. The Kier molecular flexibility index (Phi) is 3.10. The van der Waals surface area contributed by atoms with Gasteiger partial charge in [-0.25, -0.2) is 0 Å². The van der Waals surface area contributed by atoms with E-state index in [1.807, 2.05) is 18.2 Å². The van der Waals surface area contributed by atoms with E-state index in [2.05, 4.69) is 19.7 Å². The molecule has 1 heteroatoms. The number of benzene rings is 1. The van der Waals surface area contributed by atoms with Gasteiger partial charge in [0.1, 0.15) is 0 Å². The highest BCUT2D eigenvalue weighted by molar-refractivity contribution is 6.48. The van der Waals surface area contributed by atoms with E-state index in [1.54, 1.807) is 12.2 Å². The molecule has 1 aromatic rings. The van der Waals surface area contributed by atoms with E-state index in [0.29, 0.717) is 5.03 Å². The van der Waals surface area contributed by atoms with Crippen LogP contribution in [0.5, 0.6) is 0 Å². The number of rotatable bonds is 3. The van der Waals surface area contributed by atoms with Gasteiger partial charge < -0.3 is 0 Å². The average Bonchev–Trinajstić information content (AvgIpc) is 2.16. The van der Waals surface area contributed by atoms with Crippen LogP contribution in [-0.2, 0) is 0 Å². The molecular weight excluding hydrogens is 180 g/mol. The highest BCUT2D eigenvalue weighted by atomic mass is 35.5. The van der Waals surface area contributed by atoms with Crippen LogP contribution in [0.2, 0.25) is 0 Å². The zero-order valence-corrected chi connectivity index (χ0v) is 8.14. The van der Waals surface area contributed by atoms with E-state index in [1.165, 1.54) is 0 Å². The SMILES string of the molecule is C=Cc1cc(C=C)cc(C(=C)Cl)c1. The highest BCUT2D eigenvalue weighted by Gasteiger charge is 1.98. The summed E-state index contributed by atoms with van der Waals surface area (Å²) in [4.78, 5) is 0. The fourth-order valence-electron chi connectivity index (χ4n) is 1.07. The minimum absolute atomic E-state index is 0.534. The van der Waals surface area contributed by atoms with Crippen molar-refractivity contribution in [3.8, 4) is 0 Å². The van der Waals surface area contributed by atoms with Crippen molar-refractivity contribution in [2.24, 2.45) is 0 Å². The van der Waals surface area contributed by atoms with Gasteiger partial charge in [-0.05, 0) is 34.9 Å². The van der Waals surface area contributed by atoms with Gasteiger partial charge in [0.15, 0.2) is 0 Å². The standard InChI is InChI=1S/C12H11Cl/c1-4-10-6-11(5-2)8-12(7-10)9(3)13/h4-8H,1-3H2. The first-order valence-corrected chi connectivity index (χ1v) is 4.30. The smallest absolute Gasteiger partial charge is 0.0407 e. The molecule has 0 aliphatic heterocycles. The molecule has 13 heavy (non-hydrogen) atoms. The molecule has 0 unspecified atom stereocenters. The monoisotopic (exact) mass is 190 g/mol. The van der Waals surface area contributed by atoms with Crippen LogP contribution in [0.25, 0.3) is 17.2 Å². The van der Waals surface area contributed by atoms with E-state index in [4.69, 9.17) is 11.6 Å². The molecule has 0 saturated carbocycles. The van der Waals surface area contributed by atoms with Gasteiger partial charge in [0, 0.05) is 5.03 Å². The third kappa shape index (κ3) is 2.33. The minimum Gasteiger partial charge on any atom is -0.0985 e. The third-order valence-corrected chi connectivity index (χ3v) is 1.98. The molecule has 0 aliphatic carbocycles. The molecule has 0 fully saturated rings. The van der Waals surface area contributed by atoms with Crippen molar-refractivity contribution < 1.29 is 0 Å². The van der Waals surface area contributed by atoms with Gasteiger partial charge in [0.25, 0.3) is 0 Å². The van der Waals surface area contributed by atoms with E-state index in [-0.39, 0.29) is 0 Å². The summed E-state index contributed by atoms with van der Waals surface area (Å²) >= 11 is 5.80. The Morgan fingerprint density at radius 2 is 1.54 bits per heavy atom. The highest BCUT2D eigenvalue weighted by Crippen LogP contribution is 2.21. The Bertz CT molecular complexity index is 335. The summed E-state index contributed by atoms with van der Waals surface area (Å²) in [5.74, 6) is 0. The fraction of sp³-hybridized carbons (Fsp3) is 0. The van der Waals surface area contributed by atoms with E-state index < -0.39 is 0 Å². The molecule has 0 aromatic heterocycles. The van der Waals surface area contributed by atoms with Crippen molar-refractivity contribution in [3.05, 3.63) is 54.6 Å². The van der Waals surface area contributed by atoms with Crippen molar-refractivity contribution in [1.82, 2.24) is 0 Å². The van der Waals surface area contributed by atoms with Crippen molar-refractivity contribution >= 4 is 28.8 Å². The topological polar surface area (TPSA) is 0 Å². The largest absolute Gasteiger partial charge is 0.0985 e. The molecule has 0 radical (unpaired) electrons. The summed E-state index contributed by atoms with van der Waals surface area (Å²) < 4.78 is 0. The number of hydrogen-bond acceptors (Lipinski definition) is 0. The van der Waals surface area contributed by atoms with Crippen molar-refractivity contribution in [2.75, 3.05) is 0 Å². The maximum Gasteiger partial charge on any atom is 0.0407 e. The van der Waals surface area contributed by atoms with Gasteiger partial charge in [0.05, 0.1) is 0 Å². The maximum atomic E-state index is 5.80. The van der Waals surface area contributed by atoms with Gasteiger partial charge in [-0.1, -0.05) is 43.5 Å². The van der Waals surface area contributed by atoms with Crippen LogP contribution in [0.4, 0.5) is 0 Å². The second-order valence-corrected chi connectivity index (χ2v) is 3.16. The first-order valence-electron chi connectivity index (χ1n) is 3.92. The van der Waals surface area contributed by atoms with Gasteiger partial charge in [-0.15, -0.1) is 0 Å². The first kappa shape index (κ1) is 9.82. The van der Waals surface area contributed by atoms with Crippen LogP contribution < -0.4 is 0 Å². The Labute approximate surface area is 83.9 Å². The minimum atomic E-state index is 0.534. The Hall–Kier alpha value is -1.27. The predicted molar refractivity (Wildman–Crippen MR) is 61.5 cm³/mol. The fourth-order valence-corrected chi connectivity index (χ4v) is 1.18. The molecule has 0 spiro atoms. The molecule has 0 aliphatic rings. The molecule has 0 nitrogen and oxygen atoms in total. The molecule has 1 aromatic carbocycles. The van der Waals surface area contributed by atoms with E-state index >= 15 is 0 Å². The van der Waals surface area contributed by atoms with Crippen molar-refractivity contribution in [2.45, 2.75) is 0 Å². The maximum absolute atomic E-state index is 5.80. The van der Waals surface area contributed by atoms with Gasteiger partial charge in [0.2, 0.25) is 0 Å². The summed E-state index contributed by atoms with van der Waals surface area (Å²) in [6.45, 7) is 11.1. The zero-order valence-electron chi connectivity index (χ0n) is 7.39. The van der Waals surface area contributed by atoms with Crippen molar-refractivity contribution in [1.29, 1.82) is 0 Å². The third-order valence-electron chi connectivity index (χ3n) is 1.76. The molecule has 0 amide bonds. The van der Waals surface area contributed by atoms with Crippen LogP contribution in [0.1, 0.15) is 16.7 Å². The lowest BCUT2D eigenvalue weighted by molar-refractivity contribution is 1.58. The molecule has 0 heterocycles. The second-order valence-electron chi connectivity index (χ2n) is 2.70. The predicted octanol–water partition coefficient (Wildman–Crippen LogP) is 4.18. The number of halogens is 1. The molecule has 0 saturated heterocycles. The Morgan fingerprint density at radius 3 is 1.85 bits per heavy atom. The second kappa shape index (κ2) is 4.11. The van der Waals surface area contributed by atoms with Gasteiger partial charge >= 0.3 is 0 Å². The molecular formula is C12H11Cl. The normalized spacial score (nSPS) is 9.31. The van der Waals surface area contributed by atoms with Gasteiger partial charge in [-0.3, -0.25) is 0 Å². The summed E-state index contributed by atoms with van der Waals surface area (Å²) in [5, 5.41) is 0.534. The molecule has 1 rings (SSSR count). The van der Waals surface area contributed by atoms with Crippen LogP contribution in [0.15, 0.2) is 37.9 Å². The van der Waals surface area contributed by atoms with Crippen molar-refractivity contribution in [3.63, 3.8) is 0 Å². The van der Waals surface area contributed by atoms with Crippen LogP contribution >= 0.6 is 11.6 Å². The summed E-state index contributed by atoms with van der Waals surface area (Å²) in [6, 6.07) is 5.87. The first-order chi connectivity index (χ1) is 6.17. The van der Waals surface area contributed by atoms with E-state index in [9.17, 15) is 0 Å². The molecule has 0 N–H and O–H groups in total. The van der Waals surface area contributed by atoms with Crippen LogP contribution in [-0.4, -0.2) is 0 Å². The van der Waals surface area contributed by atoms with Crippen LogP contribution in [0.3, 0.4) is 0 Å². The lowest BCUT2D eigenvalue weighted by Crippen LogP contribution is -1.82. The Balaban J connectivity index is 3.30. The van der Waals surface area contributed by atoms with Crippen LogP contribution in [0, 0.1) is 0 Å². The quantitative estimate of drug-likeness (QED) is 0.671. The lowest BCUT2D eigenvalue weighted by Gasteiger charge is -2.02. The average molecular weight is 191 g/mol. The Morgan fingerprint density at radius 1 is 1.08 bits per heavy atom. The zero-order chi connectivity index (χ0) is 9.84. The summed E-state index contributed by atoms with van der Waals surface area (Å²) in [7, 11) is 0.